The number of nitrogens with zero attached hydrogens (tertiary/aromatic N) is 2. The van der Waals surface area contributed by atoms with E-state index in [-0.39, 0.29) is 36.7 Å². The Morgan fingerprint density at radius 1 is 1.29 bits per heavy atom. The Bertz CT molecular complexity index is 418. The molecule has 0 fully saturated rings. The Labute approximate surface area is 110 Å². The smallest absolute Gasteiger partial charge is 1.00 e. The standard InChI is InChI=1S/C9H7ClN2O.Na.H/c10-7-1-3-8(4-2-7)12-6-9(13)5-11-12;;/h1-6,13H;;/q;+1;-1. The van der Waals surface area contributed by atoms with E-state index in [9.17, 15) is 0 Å². The predicted molar refractivity (Wildman–Crippen MR) is 51.4 cm³/mol. The van der Waals surface area contributed by atoms with Crippen molar-refractivity contribution in [3.8, 4) is 11.4 Å². The van der Waals surface area contributed by atoms with Crippen LogP contribution in [-0.4, -0.2) is 14.9 Å². The van der Waals surface area contributed by atoms with Gasteiger partial charge in [0, 0.05) is 5.02 Å². The summed E-state index contributed by atoms with van der Waals surface area (Å²) in [4.78, 5) is 0. The quantitative estimate of drug-likeness (QED) is 0.646. The molecule has 1 N–H and O–H groups in total. The van der Waals surface area contributed by atoms with Gasteiger partial charge >= 0.3 is 29.6 Å². The maximum absolute atomic E-state index is 9.06. The van der Waals surface area contributed by atoms with Gasteiger partial charge in [0.2, 0.25) is 0 Å². The minimum atomic E-state index is 0. The van der Waals surface area contributed by atoms with Gasteiger partial charge in [-0.2, -0.15) is 5.10 Å². The van der Waals surface area contributed by atoms with Crippen LogP contribution in [0.1, 0.15) is 1.43 Å². The van der Waals surface area contributed by atoms with Gasteiger partial charge in [-0.1, -0.05) is 11.6 Å². The van der Waals surface area contributed by atoms with Crippen LogP contribution in [0.2, 0.25) is 5.02 Å². The van der Waals surface area contributed by atoms with Gasteiger partial charge in [0.1, 0.15) is 0 Å². The van der Waals surface area contributed by atoms with Crippen LogP contribution < -0.4 is 29.6 Å². The molecule has 14 heavy (non-hydrogen) atoms. The summed E-state index contributed by atoms with van der Waals surface area (Å²) < 4.78 is 1.58. The molecule has 5 heteroatoms. The molecule has 0 aliphatic carbocycles. The summed E-state index contributed by atoms with van der Waals surface area (Å²) in [6.07, 6.45) is 2.91. The molecule has 1 aromatic heterocycles. The number of aromatic nitrogens is 2. The van der Waals surface area contributed by atoms with Gasteiger partial charge in [-0.05, 0) is 24.3 Å². The maximum Gasteiger partial charge on any atom is 1.00 e. The molecule has 1 heterocycles. The third-order valence-corrected chi connectivity index (χ3v) is 1.91. The van der Waals surface area contributed by atoms with Crippen molar-refractivity contribution in [3.63, 3.8) is 0 Å². The number of hydrogen-bond acceptors (Lipinski definition) is 2. The van der Waals surface area contributed by atoms with E-state index in [4.69, 9.17) is 16.7 Å². The van der Waals surface area contributed by atoms with E-state index in [0.29, 0.717) is 5.02 Å². The Hall–Kier alpha value is -0.480. The summed E-state index contributed by atoms with van der Waals surface area (Å²) >= 11 is 5.73. The zero-order valence-corrected chi connectivity index (χ0v) is 10.4. The molecule has 0 amide bonds. The minimum Gasteiger partial charge on any atom is -1.00 e. The number of rotatable bonds is 1. The van der Waals surface area contributed by atoms with Crippen molar-refractivity contribution < 1.29 is 36.1 Å². The number of benzene rings is 1. The summed E-state index contributed by atoms with van der Waals surface area (Å²) in [5.41, 5.74) is 0.865. The second-order valence-electron chi connectivity index (χ2n) is 2.62. The van der Waals surface area contributed by atoms with Crippen LogP contribution in [0.4, 0.5) is 0 Å². The fourth-order valence-electron chi connectivity index (χ4n) is 1.05. The van der Waals surface area contributed by atoms with Crippen molar-refractivity contribution in [1.82, 2.24) is 9.78 Å². The van der Waals surface area contributed by atoms with Crippen molar-refractivity contribution in [3.05, 3.63) is 41.7 Å². The molecule has 0 aliphatic heterocycles. The molecule has 0 bridgehead atoms. The molecular weight excluding hydrogens is 211 g/mol. The van der Waals surface area contributed by atoms with Gasteiger partial charge in [0.05, 0.1) is 18.1 Å². The molecule has 0 saturated heterocycles. The zero-order valence-electron chi connectivity index (χ0n) is 8.68. The topological polar surface area (TPSA) is 38.1 Å². The fourth-order valence-corrected chi connectivity index (χ4v) is 1.17. The van der Waals surface area contributed by atoms with Crippen LogP contribution in [0.3, 0.4) is 0 Å². The van der Waals surface area contributed by atoms with Crippen LogP contribution in [-0.2, 0) is 0 Å². The van der Waals surface area contributed by atoms with Crippen LogP contribution in [0.15, 0.2) is 36.7 Å². The van der Waals surface area contributed by atoms with E-state index in [0.717, 1.165) is 5.69 Å². The first-order valence-corrected chi connectivity index (χ1v) is 4.13. The molecule has 3 nitrogen and oxygen atoms in total. The van der Waals surface area contributed by atoms with Crippen LogP contribution in [0.25, 0.3) is 5.69 Å². The van der Waals surface area contributed by atoms with Crippen molar-refractivity contribution >= 4 is 11.6 Å². The summed E-state index contributed by atoms with van der Waals surface area (Å²) in [5, 5.41) is 13.7. The summed E-state index contributed by atoms with van der Waals surface area (Å²) in [6.45, 7) is 0. The van der Waals surface area contributed by atoms with Gasteiger partial charge in [0.25, 0.3) is 0 Å². The molecule has 0 unspecified atom stereocenters. The maximum atomic E-state index is 9.06. The van der Waals surface area contributed by atoms with E-state index in [1.165, 1.54) is 12.4 Å². The SMILES string of the molecule is Oc1cnn(-c2ccc(Cl)cc2)c1.[H-].[Na+]. The molecule has 0 spiro atoms. The molecule has 0 radical (unpaired) electrons. The molecular formula is C9H8ClN2NaO. The summed E-state index contributed by atoms with van der Waals surface area (Å²) in [5.74, 6) is 0.148. The first kappa shape index (κ1) is 11.6. The predicted octanol–water partition coefficient (Wildman–Crippen LogP) is -0.652. The van der Waals surface area contributed by atoms with E-state index in [1.54, 1.807) is 16.8 Å². The first-order valence-electron chi connectivity index (χ1n) is 3.75. The van der Waals surface area contributed by atoms with E-state index in [2.05, 4.69) is 5.10 Å². The molecule has 2 aromatic rings. The Morgan fingerprint density at radius 2 is 1.93 bits per heavy atom. The second kappa shape index (κ2) is 4.84. The Morgan fingerprint density at radius 3 is 2.43 bits per heavy atom. The normalized spacial score (nSPS) is 9.50. The van der Waals surface area contributed by atoms with Crippen molar-refractivity contribution in [2.45, 2.75) is 0 Å². The average molecular weight is 219 g/mol. The van der Waals surface area contributed by atoms with Crippen molar-refractivity contribution in [1.29, 1.82) is 0 Å². The first-order chi connectivity index (χ1) is 6.25. The van der Waals surface area contributed by atoms with Gasteiger partial charge in [0.15, 0.2) is 5.75 Å². The second-order valence-corrected chi connectivity index (χ2v) is 3.06. The number of aromatic hydroxyl groups is 1. The van der Waals surface area contributed by atoms with E-state index >= 15 is 0 Å². The molecule has 0 atom stereocenters. The van der Waals surface area contributed by atoms with Gasteiger partial charge in [-0.25, -0.2) is 4.68 Å². The Balaban J connectivity index is 0.000000980. The largest absolute Gasteiger partial charge is 1.00 e. The van der Waals surface area contributed by atoms with Crippen LogP contribution in [0, 0.1) is 0 Å². The third kappa shape index (κ3) is 2.51. The van der Waals surface area contributed by atoms with Crippen LogP contribution in [0.5, 0.6) is 5.75 Å². The fraction of sp³-hybridized carbons (Fsp3) is 0. The van der Waals surface area contributed by atoms with Gasteiger partial charge in [-0.3, -0.25) is 0 Å². The van der Waals surface area contributed by atoms with Crippen molar-refractivity contribution in [2.24, 2.45) is 0 Å². The van der Waals surface area contributed by atoms with Crippen molar-refractivity contribution in [2.75, 3.05) is 0 Å². The summed E-state index contributed by atoms with van der Waals surface area (Å²) in [7, 11) is 0. The molecule has 1 aromatic carbocycles. The Kier molecular flexibility index (Phi) is 4.01. The number of hydrogen-bond donors (Lipinski definition) is 1. The zero-order chi connectivity index (χ0) is 9.26. The van der Waals surface area contributed by atoms with E-state index in [1.807, 2.05) is 12.1 Å². The van der Waals surface area contributed by atoms with Crippen LogP contribution >= 0.6 is 11.6 Å². The number of halogens is 1. The average Bonchev–Trinajstić information content (AvgIpc) is 2.53. The molecule has 2 rings (SSSR count). The minimum absolute atomic E-state index is 0. The molecule has 0 saturated carbocycles. The molecule has 68 valence electrons. The summed E-state index contributed by atoms with van der Waals surface area (Å²) in [6, 6.07) is 7.20. The van der Waals surface area contributed by atoms with Gasteiger partial charge in [-0.15, -0.1) is 0 Å². The monoisotopic (exact) mass is 218 g/mol. The third-order valence-electron chi connectivity index (χ3n) is 1.66. The van der Waals surface area contributed by atoms with E-state index < -0.39 is 0 Å². The molecule has 0 aliphatic rings. The van der Waals surface area contributed by atoms with Gasteiger partial charge < -0.3 is 6.53 Å².